The standard InChI is InChI=1S/C16H26N2OS/c1-3-7-15(8-4-2)18-20(19)16-11-5-9-14(13-16)10-6-12-17/h5-6,9-11,13,15,18H,3-4,7-8,12,17H2,1-2H3/b10-6+. The Balaban J connectivity index is 2.72. The smallest absolute Gasteiger partial charge is 0.125 e. The molecule has 1 aromatic carbocycles. The van der Waals surface area contributed by atoms with Gasteiger partial charge in [-0.05, 0) is 30.5 Å². The lowest BCUT2D eigenvalue weighted by molar-refractivity contribution is 0.515. The van der Waals surface area contributed by atoms with Gasteiger partial charge in [0.15, 0.2) is 0 Å². The normalized spacial score (nSPS) is 13.2. The predicted molar refractivity (Wildman–Crippen MR) is 87.7 cm³/mol. The van der Waals surface area contributed by atoms with Gasteiger partial charge in [0.05, 0.1) is 4.90 Å². The molecule has 0 radical (unpaired) electrons. The first-order valence-corrected chi connectivity index (χ1v) is 8.50. The Kier molecular flexibility index (Phi) is 8.42. The Labute approximate surface area is 125 Å². The van der Waals surface area contributed by atoms with E-state index in [4.69, 9.17) is 5.73 Å². The number of benzene rings is 1. The molecule has 0 heterocycles. The van der Waals surface area contributed by atoms with Gasteiger partial charge in [0, 0.05) is 12.6 Å². The summed E-state index contributed by atoms with van der Waals surface area (Å²) in [5.74, 6) is 0. The number of hydrogen-bond acceptors (Lipinski definition) is 2. The van der Waals surface area contributed by atoms with E-state index in [-0.39, 0.29) is 0 Å². The third kappa shape index (κ3) is 5.99. The van der Waals surface area contributed by atoms with Crippen LogP contribution in [0, 0.1) is 0 Å². The maximum atomic E-state index is 12.4. The van der Waals surface area contributed by atoms with Gasteiger partial charge in [-0.2, -0.15) is 0 Å². The largest absolute Gasteiger partial charge is 0.327 e. The molecule has 0 aliphatic heterocycles. The molecule has 0 aliphatic carbocycles. The van der Waals surface area contributed by atoms with Gasteiger partial charge < -0.3 is 5.73 Å². The minimum Gasteiger partial charge on any atom is -0.327 e. The van der Waals surface area contributed by atoms with E-state index < -0.39 is 11.0 Å². The molecule has 1 rings (SSSR count). The highest BCUT2D eigenvalue weighted by Crippen LogP contribution is 2.13. The van der Waals surface area contributed by atoms with Crippen LogP contribution in [0.5, 0.6) is 0 Å². The highest BCUT2D eigenvalue weighted by molar-refractivity contribution is 7.83. The summed E-state index contributed by atoms with van der Waals surface area (Å²) in [5, 5.41) is 0. The molecule has 0 amide bonds. The van der Waals surface area contributed by atoms with Gasteiger partial charge in [-0.15, -0.1) is 0 Å². The summed E-state index contributed by atoms with van der Waals surface area (Å²) < 4.78 is 15.6. The summed E-state index contributed by atoms with van der Waals surface area (Å²) in [7, 11) is -1.15. The first kappa shape index (κ1) is 17.1. The Bertz CT molecular complexity index is 440. The molecule has 0 spiro atoms. The summed E-state index contributed by atoms with van der Waals surface area (Å²) in [6, 6.07) is 8.10. The fourth-order valence-electron chi connectivity index (χ4n) is 2.12. The van der Waals surface area contributed by atoms with Crippen molar-refractivity contribution in [1.29, 1.82) is 0 Å². The average molecular weight is 294 g/mol. The number of nitrogens with one attached hydrogen (secondary N) is 1. The van der Waals surface area contributed by atoms with E-state index in [1.807, 2.05) is 36.4 Å². The van der Waals surface area contributed by atoms with Crippen LogP contribution in [0.15, 0.2) is 35.2 Å². The molecule has 1 aromatic rings. The molecule has 0 aliphatic rings. The van der Waals surface area contributed by atoms with Crippen molar-refractivity contribution in [3.05, 3.63) is 35.9 Å². The van der Waals surface area contributed by atoms with Crippen LogP contribution in [0.25, 0.3) is 6.08 Å². The second kappa shape index (κ2) is 9.86. The minimum atomic E-state index is -1.15. The first-order valence-electron chi connectivity index (χ1n) is 7.35. The fraction of sp³-hybridized carbons (Fsp3) is 0.500. The van der Waals surface area contributed by atoms with E-state index in [1.165, 1.54) is 0 Å². The second-order valence-corrected chi connectivity index (χ2v) is 6.12. The molecular formula is C16H26N2OS. The maximum absolute atomic E-state index is 12.4. The van der Waals surface area contributed by atoms with Crippen molar-refractivity contribution in [3.63, 3.8) is 0 Å². The van der Waals surface area contributed by atoms with Gasteiger partial charge in [-0.3, -0.25) is 0 Å². The molecule has 1 atom stereocenters. The molecule has 0 saturated carbocycles. The maximum Gasteiger partial charge on any atom is 0.125 e. The molecule has 1 unspecified atom stereocenters. The molecular weight excluding hydrogens is 268 g/mol. The van der Waals surface area contributed by atoms with Crippen LogP contribution >= 0.6 is 0 Å². The van der Waals surface area contributed by atoms with Crippen LogP contribution in [0.2, 0.25) is 0 Å². The fourth-order valence-corrected chi connectivity index (χ4v) is 3.24. The lowest BCUT2D eigenvalue weighted by Gasteiger charge is -2.16. The summed E-state index contributed by atoms with van der Waals surface area (Å²) in [5.41, 5.74) is 6.48. The van der Waals surface area contributed by atoms with Crippen LogP contribution in [0.3, 0.4) is 0 Å². The molecule has 3 nitrogen and oxygen atoms in total. The van der Waals surface area contributed by atoms with Crippen molar-refractivity contribution in [2.24, 2.45) is 5.73 Å². The van der Waals surface area contributed by atoms with Crippen molar-refractivity contribution >= 4 is 17.1 Å². The van der Waals surface area contributed by atoms with Crippen molar-refractivity contribution in [1.82, 2.24) is 4.72 Å². The van der Waals surface area contributed by atoms with Crippen LogP contribution in [0.4, 0.5) is 0 Å². The van der Waals surface area contributed by atoms with E-state index in [2.05, 4.69) is 18.6 Å². The van der Waals surface area contributed by atoms with Crippen molar-refractivity contribution in [2.75, 3.05) is 6.54 Å². The number of hydrogen-bond donors (Lipinski definition) is 2. The molecule has 112 valence electrons. The lowest BCUT2D eigenvalue weighted by Crippen LogP contribution is -2.30. The highest BCUT2D eigenvalue weighted by atomic mass is 32.2. The van der Waals surface area contributed by atoms with Crippen molar-refractivity contribution < 1.29 is 4.21 Å². The third-order valence-corrected chi connectivity index (χ3v) is 4.30. The predicted octanol–water partition coefficient (Wildman–Crippen LogP) is 3.24. The zero-order valence-corrected chi connectivity index (χ0v) is 13.3. The molecule has 0 fully saturated rings. The van der Waals surface area contributed by atoms with Crippen molar-refractivity contribution in [2.45, 2.75) is 50.5 Å². The summed E-state index contributed by atoms with van der Waals surface area (Å²) in [6.07, 6.45) is 8.18. The van der Waals surface area contributed by atoms with Crippen LogP contribution < -0.4 is 10.5 Å². The van der Waals surface area contributed by atoms with Gasteiger partial charge >= 0.3 is 0 Å². The third-order valence-electron chi connectivity index (χ3n) is 3.07. The van der Waals surface area contributed by atoms with Crippen LogP contribution in [-0.4, -0.2) is 16.8 Å². The monoisotopic (exact) mass is 294 g/mol. The van der Waals surface area contributed by atoms with Gasteiger partial charge in [0.25, 0.3) is 0 Å². The molecule has 0 aromatic heterocycles. The number of nitrogens with two attached hydrogens (primary N) is 1. The zero-order chi connectivity index (χ0) is 14.8. The van der Waals surface area contributed by atoms with E-state index in [1.54, 1.807) is 0 Å². The van der Waals surface area contributed by atoms with E-state index >= 15 is 0 Å². The summed E-state index contributed by atoms with van der Waals surface area (Å²) in [6.45, 7) is 4.83. The SMILES string of the molecule is CCCC(CCC)NS(=O)c1cccc(/C=C/CN)c1. The van der Waals surface area contributed by atoms with E-state index in [0.717, 1.165) is 36.1 Å². The van der Waals surface area contributed by atoms with Gasteiger partial charge in [-0.1, -0.05) is 51.0 Å². The Morgan fingerprint density at radius 3 is 2.60 bits per heavy atom. The Morgan fingerprint density at radius 1 is 1.30 bits per heavy atom. The zero-order valence-electron chi connectivity index (χ0n) is 12.5. The average Bonchev–Trinajstić information content (AvgIpc) is 2.46. The molecule has 4 heteroatoms. The molecule has 0 saturated heterocycles. The van der Waals surface area contributed by atoms with Crippen LogP contribution in [-0.2, 0) is 11.0 Å². The molecule has 20 heavy (non-hydrogen) atoms. The highest BCUT2D eigenvalue weighted by Gasteiger charge is 2.11. The number of rotatable bonds is 9. The molecule has 3 N–H and O–H groups in total. The Hall–Kier alpha value is -0.970. The lowest BCUT2D eigenvalue weighted by atomic mass is 10.1. The first-order chi connectivity index (χ1) is 9.71. The van der Waals surface area contributed by atoms with Gasteiger partial charge in [0.2, 0.25) is 0 Å². The minimum absolute atomic E-state index is 0.328. The topological polar surface area (TPSA) is 55.1 Å². The quantitative estimate of drug-likeness (QED) is 0.734. The van der Waals surface area contributed by atoms with E-state index in [9.17, 15) is 4.21 Å². The van der Waals surface area contributed by atoms with Gasteiger partial charge in [-0.25, -0.2) is 8.93 Å². The summed E-state index contributed by atoms with van der Waals surface area (Å²) in [4.78, 5) is 0.821. The molecule has 0 bridgehead atoms. The Morgan fingerprint density at radius 2 is 2.00 bits per heavy atom. The van der Waals surface area contributed by atoms with E-state index in [0.29, 0.717) is 12.6 Å². The second-order valence-electron chi connectivity index (χ2n) is 4.87. The van der Waals surface area contributed by atoms with Gasteiger partial charge in [0.1, 0.15) is 11.0 Å². The van der Waals surface area contributed by atoms with Crippen molar-refractivity contribution in [3.8, 4) is 0 Å². The summed E-state index contributed by atoms with van der Waals surface area (Å²) >= 11 is 0. The van der Waals surface area contributed by atoms with Crippen LogP contribution in [0.1, 0.15) is 45.1 Å².